The van der Waals surface area contributed by atoms with Gasteiger partial charge in [0.05, 0.1) is 0 Å². The molecule has 1 rings (SSSR count). The Labute approximate surface area is 73.4 Å². The van der Waals surface area contributed by atoms with Crippen LogP contribution in [0.4, 0.5) is 0 Å². The van der Waals surface area contributed by atoms with Crippen molar-refractivity contribution in [3.63, 3.8) is 0 Å². The van der Waals surface area contributed by atoms with Gasteiger partial charge in [0.25, 0.3) is 0 Å². The molecule has 64 valence electrons. The van der Waals surface area contributed by atoms with Crippen molar-refractivity contribution in [3.8, 4) is 0 Å². The number of rotatable bonds is 3. The summed E-state index contributed by atoms with van der Waals surface area (Å²) in [4.78, 5) is 11.2. The monoisotopic (exact) mass is 162 g/mol. The van der Waals surface area contributed by atoms with Crippen LogP contribution in [0.5, 0.6) is 0 Å². The van der Waals surface area contributed by atoms with E-state index in [0.29, 0.717) is 6.42 Å². The molecule has 0 radical (unpaired) electrons. The van der Waals surface area contributed by atoms with Crippen LogP contribution in [-0.2, 0) is 6.42 Å². The zero-order chi connectivity index (χ0) is 8.97. The Morgan fingerprint density at radius 1 is 1.17 bits per heavy atom. The second-order valence-electron chi connectivity index (χ2n) is 2.83. The third kappa shape index (κ3) is 1.94. The van der Waals surface area contributed by atoms with Gasteiger partial charge in [-0.05, 0) is 12.0 Å². The third-order valence-electron chi connectivity index (χ3n) is 2.01. The van der Waals surface area contributed by atoms with E-state index in [1.807, 2.05) is 31.2 Å². The normalized spacial score (nSPS) is 9.83. The molecule has 1 aromatic carbocycles. The van der Waals surface area contributed by atoms with Crippen molar-refractivity contribution >= 4 is 5.78 Å². The van der Waals surface area contributed by atoms with Crippen LogP contribution in [0.2, 0.25) is 0 Å². The Bertz CT molecular complexity index is 259. The molecule has 1 nitrogen and oxygen atoms in total. The first-order valence-corrected chi connectivity index (χ1v) is 4.40. The Hall–Kier alpha value is -1.11. The maximum absolute atomic E-state index is 11.2. The maximum atomic E-state index is 11.2. The number of aryl methyl sites for hydroxylation is 1. The predicted molar refractivity (Wildman–Crippen MR) is 50.4 cm³/mol. The summed E-state index contributed by atoms with van der Waals surface area (Å²) in [5.74, 6) is 0.220. The molecule has 0 unspecified atom stereocenters. The van der Waals surface area contributed by atoms with Gasteiger partial charge in [0.2, 0.25) is 0 Å². The molecule has 0 spiro atoms. The minimum atomic E-state index is 0.220. The molecule has 0 aliphatic carbocycles. The molecule has 0 aliphatic rings. The van der Waals surface area contributed by atoms with E-state index in [1.165, 1.54) is 5.56 Å². The van der Waals surface area contributed by atoms with Gasteiger partial charge in [0.15, 0.2) is 5.78 Å². The number of hydrogen-bond acceptors (Lipinski definition) is 1. The lowest BCUT2D eigenvalue weighted by Gasteiger charge is -1.99. The van der Waals surface area contributed by atoms with Crippen molar-refractivity contribution in [2.24, 2.45) is 0 Å². The second-order valence-corrected chi connectivity index (χ2v) is 2.83. The van der Waals surface area contributed by atoms with Crippen LogP contribution >= 0.6 is 0 Å². The summed E-state index contributed by atoms with van der Waals surface area (Å²) in [6.07, 6.45) is 1.62. The maximum Gasteiger partial charge on any atom is 0.162 e. The molecule has 1 heteroatoms. The highest BCUT2D eigenvalue weighted by molar-refractivity contribution is 5.95. The van der Waals surface area contributed by atoms with Crippen LogP contribution in [0.1, 0.15) is 36.2 Å². The van der Waals surface area contributed by atoms with Crippen LogP contribution in [-0.4, -0.2) is 5.78 Å². The predicted octanol–water partition coefficient (Wildman–Crippen LogP) is 2.84. The minimum absolute atomic E-state index is 0.220. The smallest absolute Gasteiger partial charge is 0.162 e. The van der Waals surface area contributed by atoms with Crippen molar-refractivity contribution in [1.82, 2.24) is 0 Å². The summed E-state index contributed by atoms with van der Waals surface area (Å²) >= 11 is 0. The highest BCUT2D eigenvalue weighted by atomic mass is 16.1. The topological polar surface area (TPSA) is 17.1 Å². The van der Waals surface area contributed by atoms with Gasteiger partial charge in [-0.15, -0.1) is 0 Å². The number of carbonyl (C=O) groups excluding carboxylic acids is 1. The lowest BCUT2D eigenvalue weighted by Crippen LogP contribution is -1.95. The molecule has 1 aromatic rings. The summed E-state index contributed by atoms with van der Waals surface area (Å²) in [6.45, 7) is 3.99. The molecule has 0 saturated carbocycles. The van der Waals surface area contributed by atoms with E-state index in [2.05, 4.69) is 6.92 Å². The van der Waals surface area contributed by atoms with Gasteiger partial charge in [-0.1, -0.05) is 38.1 Å². The Kier molecular flexibility index (Phi) is 3.03. The Morgan fingerprint density at radius 2 is 1.75 bits per heavy atom. The molecular formula is C11H14O. The first kappa shape index (κ1) is 8.98. The zero-order valence-electron chi connectivity index (χ0n) is 7.63. The van der Waals surface area contributed by atoms with Crippen molar-refractivity contribution in [2.75, 3.05) is 0 Å². The largest absolute Gasteiger partial charge is 0.294 e. The summed E-state index contributed by atoms with van der Waals surface area (Å²) in [6, 6.07) is 7.85. The lowest BCUT2D eigenvalue weighted by atomic mass is 10.1. The molecule has 0 heterocycles. The van der Waals surface area contributed by atoms with Crippen molar-refractivity contribution in [3.05, 3.63) is 35.4 Å². The van der Waals surface area contributed by atoms with E-state index < -0.39 is 0 Å². The Balaban J connectivity index is 2.84. The van der Waals surface area contributed by atoms with Crippen LogP contribution < -0.4 is 0 Å². The first-order chi connectivity index (χ1) is 5.77. The van der Waals surface area contributed by atoms with E-state index >= 15 is 0 Å². The molecule has 0 bridgehead atoms. The van der Waals surface area contributed by atoms with Gasteiger partial charge < -0.3 is 0 Å². The van der Waals surface area contributed by atoms with Crippen LogP contribution in [0.3, 0.4) is 0 Å². The molecule has 0 saturated heterocycles. The fourth-order valence-electron chi connectivity index (χ4n) is 1.13. The highest BCUT2D eigenvalue weighted by Gasteiger charge is 2.00. The average molecular weight is 162 g/mol. The summed E-state index contributed by atoms with van der Waals surface area (Å²) in [5, 5.41) is 0. The fourth-order valence-corrected chi connectivity index (χ4v) is 1.13. The highest BCUT2D eigenvalue weighted by Crippen LogP contribution is 2.06. The summed E-state index contributed by atoms with van der Waals surface area (Å²) in [7, 11) is 0. The minimum Gasteiger partial charge on any atom is -0.294 e. The van der Waals surface area contributed by atoms with E-state index in [0.717, 1.165) is 12.0 Å². The standard InChI is InChI=1S/C11H14O/c1-3-9-5-7-10(8-6-9)11(12)4-2/h5-8H,3-4H2,1-2H3. The van der Waals surface area contributed by atoms with Gasteiger partial charge in [-0.25, -0.2) is 0 Å². The van der Waals surface area contributed by atoms with E-state index in [-0.39, 0.29) is 5.78 Å². The number of Topliss-reactive ketones (excluding diaryl/α,β-unsaturated/α-hetero) is 1. The number of hydrogen-bond donors (Lipinski definition) is 0. The molecule has 12 heavy (non-hydrogen) atoms. The van der Waals surface area contributed by atoms with Gasteiger partial charge in [-0.3, -0.25) is 4.79 Å². The molecule has 0 amide bonds. The first-order valence-electron chi connectivity index (χ1n) is 4.40. The van der Waals surface area contributed by atoms with Crippen LogP contribution in [0, 0.1) is 0 Å². The number of carbonyl (C=O) groups is 1. The van der Waals surface area contributed by atoms with E-state index in [9.17, 15) is 4.79 Å². The fraction of sp³-hybridized carbons (Fsp3) is 0.364. The molecule has 0 fully saturated rings. The number of benzene rings is 1. The molecule has 0 N–H and O–H groups in total. The second kappa shape index (κ2) is 4.05. The number of ketones is 1. The SMILES string of the molecule is CCC(=O)c1ccc(CC)cc1. The molecular weight excluding hydrogens is 148 g/mol. The molecule has 0 aliphatic heterocycles. The van der Waals surface area contributed by atoms with Crippen LogP contribution in [0.15, 0.2) is 24.3 Å². The van der Waals surface area contributed by atoms with E-state index in [1.54, 1.807) is 0 Å². The van der Waals surface area contributed by atoms with Gasteiger partial charge >= 0.3 is 0 Å². The summed E-state index contributed by atoms with van der Waals surface area (Å²) in [5.41, 5.74) is 2.11. The van der Waals surface area contributed by atoms with Gasteiger partial charge in [0.1, 0.15) is 0 Å². The van der Waals surface area contributed by atoms with Crippen molar-refractivity contribution in [2.45, 2.75) is 26.7 Å². The third-order valence-corrected chi connectivity index (χ3v) is 2.01. The summed E-state index contributed by atoms with van der Waals surface area (Å²) < 4.78 is 0. The van der Waals surface area contributed by atoms with Gasteiger partial charge in [0, 0.05) is 12.0 Å². The lowest BCUT2D eigenvalue weighted by molar-refractivity contribution is 0.0988. The Morgan fingerprint density at radius 3 is 2.17 bits per heavy atom. The molecule has 0 aromatic heterocycles. The van der Waals surface area contributed by atoms with Gasteiger partial charge in [-0.2, -0.15) is 0 Å². The van der Waals surface area contributed by atoms with Crippen molar-refractivity contribution in [1.29, 1.82) is 0 Å². The van der Waals surface area contributed by atoms with Crippen LogP contribution in [0.25, 0.3) is 0 Å². The zero-order valence-corrected chi connectivity index (χ0v) is 7.63. The quantitative estimate of drug-likeness (QED) is 0.624. The van der Waals surface area contributed by atoms with E-state index in [4.69, 9.17) is 0 Å². The average Bonchev–Trinajstić information content (AvgIpc) is 2.17. The molecule has 0 atom stereocenters. The van der Waals surface area contributed by atoms with Crippen molar-refractivity contribution < 1.29 is 4.79 Å².